The maximum Gasteiger partial charge on any atom is 0.249 e. The molecule has 2 N–H and O–H groups in total. The maximum absolute atomic E-state index is 5.33. The first-order valence-corrected chi connectivity index (χ1v) is 7.26. The van der Waals surface area contributed by atoms with Gasteiger partial charge in [0.15, 0.2) is 17.3 Å². The van der Waals surface area contributed by atoms with Crippen LogP contribution in [0, 0.1) is 0 Å². The van der Waals surface area contributed by atoms with Crippen LogP contribution in [0.25, 0.3) is 0 Å². The number of rotatable bonds is 7. The van der Waals surface area contributed by atoms with Crippen molar-refractivity contribution in [1.29, 1.82) is 0 Å². The third kappa shape index (κ3) is 3.53. The molecule has 1 aromatic carbocycles. The highest BCUT2D eigenvalue weighted by Crippen LogP contribution is 2.40. The van der Waals surface area contributed by atoms with Crippen molar-refractivity contribution in [3.8, 4) is 17.2 Å². The van der Waals surface area contributed by atoms with Crippen molar-refractivity contribution in [3.63, 3.8) is 0 Å². The summed E-state index contributed by atoms with van der Waals surface area (Å²) in [6, 6.07) is 4.07. The van der Waals surface area contributed by atoms with E-state index in [1.165, 1.54) is 12.8 Å². The summed E-state index contributed by atoms with van der Waals surface area (Å²) in [5, 5.41) is 14.3. The molecule has 0 bridgehead atoms. The van der Waals surface area contributed by atoms with E-state index in [0.29, 0.717) is 40.7 Å². The second-order valence-corrected chi connectivity index (χ2v) is 5.12. The van der Waals surface area contributed by atoms with E-state index >= 15 is 0 Å². The number of methoxy groups -OCH3 is 3. The highest BCUT2D eigenvalue weighted by molar-refractivity contribution is 5.65. The number of aromatic nitrogens is 3. The number of nitrogens with one attached hydrogen (secondary N) is 2. The van der Waals surface area contributed by atoms with E-state index in [-0.39, 0.29) is 0 Å². The van der Waals surface area contributed by atoms with Gasteiger partial charge in [0, 0.05) is 23.9 Å². The van der Waals surface area contributed by atoms with Crippen LogP contribution in [-0.2, 0) is 0 Å². The normalized spacial score (nSPS) is 13.3. The van der Waals surface area contributed by atoms with Gasteiger partial charge in [0.05, 0.1) is 27.5 Å². The van der Waals surface area contributed by atoms with Crippen LogP contribution in [0.3, 0.4) is 0 Å². The molecule has 0 radical (unpaired) electrons. The van der Waals surface area contributed by atoms with E-state index < -0.39 is 0 Å². The third-order valence-electron chi connectivity index (χ3n) is 3.41. The van der Waals surface area contributed by atoms with Crippen molar-refractivity contribution >= 4 is 17.5 Å². The molecule has 1 aliphatic rings. The van der Waals surface area contributed by atoms with E-state index in [0.717, 1.165) is 0 Å². The van der Waals surface area contributed by atoms with Crippen LogP contribution in [0.1, 0.15) is 12.8 Å². The van der Waals surface area contributed by atoms with Gasteiger partial charge in [-0.1, -0.05) is 0 Å². The fourth-order valence-corrected chi connectivity index (χ4v) is 2.15. The molecule has 23 heavy (non-hydrogen) atoms. The lowest BCUT2D eigenvalue weighted by Crippen LogP contribution is -2.07. The number of hydrogen-bond acceptors (Lipinski definition) is 8. The number of ether oxygens (including phenoxy) is 3. The van der Waals surface area contributed by atoms with Crippen molar-refractivity contribution in [2.45, 2.75) is 18.9 Å². The summed E-state index contributed by atoms with van der Waals surface area (Å²) < 4.78 is 16.0. The van der Waals surface area contributed by atoms with Crippen molar-refractivity contribution in [2.75, 3.05) is 32.0 Å². The Kier molecular flexibility index (Phi) is 4.31. The first-order chi connectivity index (χ1) is 11.2. The summed E-state index contributed by atoms with van der Waals surface area (Å²) in [5.41, 5.74) is 0.713. The predicted octanol–water partition coefficient (Wildman–Crippen LogP) is 2.22. The molecule has 0 saturated heterocycles. The van der Waals surface area contributed by atoms with Crippen LogP contribution in [0.2, 0.25) is 0 Å². The Hall–Kier alpha value is -2.77. The number of anilines is 3. The Morgan fingerprint density at radius 2 is 1.74 bits per heavy atom. The van der Waals surface area contributed by atoms with E-state index in [1.807, 2.05) is 0 Å². The molecule has 8 heteroatoms. The molecule has 1 heterocycles. The van der Waals surface area contributed by atoms with Crippen LogP contribution in [-0.4, -0.2) is 42.6 Å². The van der Waals surface area contributed by atoms with E-state index in [1.54, 1.807) is 39.7 Å². The van der Waals surface area contributed by atoms with Gasteiger partial charge in [-0.25, -0.2) is 0 Å². The van der Waals surface area contributed by atoms with Gasteiger partial charge < -0.3 is 24.8 Å². The average molecular weight is 317 g/mol. The Bertz CT molecular complexity index is 666. The molecule has 0 unspecified atom stereocenters. The molecular formula is C15H19N5O3. The number of hydrogen-bond donors (Lipinski definition) is 2. The lowest BCUT2D eigenvalue weighted by Gasteiger charge is -2.14. The summed E-state index contributed by atoms with van der Waals surface area (Å²) in [6.45, 7) is 0. The first-order valence-electron chi connectivity index (χ1n) is 7.26. The average Bonchev–Trinajstić information content (AvgIpc) is 3.38. The van der Waals surface area contributed by atoms with Gasteiger partial charge >= 0.3 is 0 Å². The van der Waals surface area contributed by atoms with Crippen molar-refractivity contribution < 1.29 is 14.2 Å². The summed E-state index contributed by atoms with van der Waals surface area (Å²) >= 11 is 0. The summed E-state index contributed by atoms with van der Waals surface area (Å²) in [5.74, 6) is 2.73. The lowest BCUT2D eigenvalue weighted by molar-refractivity contribution is 0.324. The van der Waals surface area contributed by atoms with E-state index in [2.05, 4.69) is 25.8 Å². The van der Waals surface area contributed by atoms with Gasteiger partial charge in [-0.05, 0) is 12.8 Å². The predicted molar refractivity (Wildman–Crippen MR) is 85.9 cm³/mol. The molecule has 1 aromatic heterocycles. The topological polar surface area (TPSA) is 90.4 Å². The Morgan fingerprint density at radius 1 is 1.04 bits per heavy atom. The van der Waals surface area contributed by atoms with Crippen molar-refractivity contribution in [2.24, 2.45) is 0 Å². The number of nitrogens with zero attached hydrogens (tertiary/aromatic N) is 3. The SMILES string of the molecule is COc1cc(Nc2nncc(NC3CC3)n2)cc(OC)c1OC. The van der Waals surface area contributed by atoms with Gasteiger partial charge in [0.1, 0.15) is 0 Å². The molecule has 0 spiro atoms. The Morgan fingerprint density at radius 3 is 2.30 bits per heavy atom. The van der Waals surface area contributed by atoms with Crippen LogP contribution in [0.4, 0.5) is 17.5 Å². The van der Waals surface area contributed by atoms with Crippen LogP contribution >= 0.6 is 0 Å². The minimum absolute atomic E-state index is 0.393. The van der Waals surface area contributed by atoms with Gasteiger partial charge in [-0.15, -0.1) is 5.10 Å². The summed E-state index contributed by atoms with van der Waals surface area (Å²) in [4.78, 5) is 4.39. The van der Waals surface area contributed by atoms with Gasteiger partial charge in [-0.2, -0.15) is 10.1 Å². The van der Waals surface area contributed by atoms with Gasteiger partial charge in [0.25, 0.3) is 0 Å². The summed E-state index contributed by atoms with van der Waals surface area (Å²) in [6.07, 6.45) is 3.94. The molecular weight excluding hydrogens is 298 g/mol. The third-order valence-corrected chi connectivity index (χ3v) is 3.41. The molecule has 0 amide bonds. The Labute approximate surface area is 134 Å². The monoisotopic (exact) mass is 317 g/mol. The highest BCUT2D eigenvalue weighted by Gasteiger charge is 2.21. The molecule has 122 valence electrons. The van der Waals surface area contributed by atoms with Crippen molar-refractivity contribution in [1.82, 2.24) is 15.2 Å². The molecule has 1 saturated carbocycles. The molecule has 0 atom stereocenters. The fraction of sp³-hybridized carbons (Fsp3) is 0.400. The first kappa shape index (κ1) is 15.1. The summed E-state index contributed by atoms with van der Waals surface area (Å²) in [7, 11) is 4.70. The zero-order valence-corrected chi connectivity index (χ0v) is 13.3. The molecule has 3 rings (SSSR count). The standard InChI is InChI=1S/C15H19N5O3/c1-21-11-6-10(7-12(22-2)14(11)23-3)18-15-19-13(8-16-20-15)17-9-4-5-9/h6-9H,4-5H2,1-3H3,(H2,17,18,19,20). The lowest BCUT2D eigenvalue weighted by atomic mass is 10.2. The Balaban J connectivity index is 1.84. The zero-order chi connectivity index (χ0) is 16.2. The van der Waals surface area contributed by atoms with Gasteiger partial charge in [-0.3, -0.25) is 0 Å². The van der Waals surface area contributed by atoms with Crippen LogP contribution in [0.5, 0.6) is 17.2 Å². The highest BCUT2D eigenvalue weighted by atomic mass is 16.5. The number of benzene rings is 1. The van der Waals surface area contributed by atoms with Crippen LogP contribution in [0.15, 0.2) is 18.3 Å². The van der Waals surface area contributed by atoms with Gasteiger partial charge in [0.2, 0.25) is 11.7 Å². The second-order valence-electron chi connectivity index (χ2n) is 5.12. The molecule has 2 aromatic rings. The molecule has 0 aliphatic heterocycles. The van der Waals surface area contributed by atoms with Crippen LogP contribution < -0.4 is 24.8 Å². The molecule has 8 nitrogen and oxygen atoms in total. The molecule has 1 aliphatic carbocycles. The minimum Gasteiger partial charge on any atom is -0.493 e. The smallest absolute Gasteiger partial charge is 0.249 e. The minimum atomic E-state index is 0.393. The fourth-order valence-electron chi connectivity index (χ4n) is 2.15. The van der Waals surface area contributed by atoms with Crippen molar-refractivity contribution in [3.05, 3.63) is 18.3 Å². The quantitative estimate of drug-likeness (QED) is 0.803. The maximum atomic E-state index is 5.33. The second kappa shape index (κ2) is 6.55. The van der Waals surface area contributed by atoms with E-state index in [4.69, 9.17) is 14.2 Å². The van der Waals surface area contributed by atoms with E-state index in [9.17, 15) is 0 Å². The molecule has 1 fully saturated rings. The zero-order valence-electron chi connectivity index (χ0n) is 13.3. The largest absolute Gasteiger partial charge is 0.493 e.